The predicted molar refractivity (Wildman–Crippen MR) is 92.1 cm³/mol. The van der Waals surface area contributed by atoms with Crippen molar-refractivity contribution in [2.45, 2.75) is 36.7 Å². The van der Waals surface area contributed by atoms with Crippen LogP contribution < -0.4 is 10.0 Å². The lowest BCUT2D eigenvalue weighted by Gasteiger charge is -2.14. The van der Waals surface area contributed by atoms with Gasteiger partial charge in [-0.1, -0.05) is 12.1 Å². The van der Waals surface area contributed by atoms with Crippen LogP contribution in [0.2, 0.25) is 0 Å². The Morgan fingerprint density at radius 3 is 2.24 bits per heavy atom. The molecule has 2 aromatic carbocycles. The molecule has 0 spiro atoms. The topological polar surface area (TPSA) is 75.3 Å². The number of hydrogen-bond donors (Lipinski definition) is 2. The fourth-order valence-corrected chi connectivity index (χ4v) is 3.69. The molecule has 1 fully saturated rings. The van der Waals surface area contributed by atoms with E-state index in [0.717, 1.165) is 18.4 Å². The van der Waals surface area contributed by atoms with E-state index in [1.807, 2.05) is 0 Å². The lowest BCUT2D eigenvalue weighted by molar-refractivity contribution is 0.0940. The summed E-state index contributed by atoms with van der Waals surface area (Å²) in [6.07, 6.45) is 1.72. The van der Waals surface area contributed by atoms with Crippen LogP contribution in [0.3, 0.4) is 0 Å². The van der Waals surface area contributed by atoms with Crippen molar-refractivity contribution in [3.63, 3.8) is 0 Å². The summed E-state index contributed by atoms with van der Waals surface area (Å²) in [6.45, 7) is 1.80. The van der Waals surface area contributed by atoms with E-state index in [1.165, 1.54) is 36.4 Å². The quantitative estimate of drug-likeness (QED) is 0.830. The van der Waals surface area contributed by atoms with Gasteiger partial charge < -0.3 is 5.32 Å². The molecular formula is C18H19FN2O3S. The van der Waals surface area contributed by atoms with Gasteiger partial charge in [-0.2, -0.15) is 0 Å². The summed E-state index contributed by atoms with van der Waals surface area (Å²) in [5.74, 6) is -0.658. The molecule has 1 amide bonds. The van der Waals surface area contributed by atoms with Gasteiger partial charge in [0.25, 0.3) is 5.91 Å². The van der Waals surface area contributed by atoms with Crippen molar-refractivity contribution in [3.05, 3.63) is 65.5 Å². The van der Waals surface area contributed by atoms with Gasteiger partial charge in [0.1, 0.15) is 5.82 Å². The first kappa shape index (κ1) is 17.6. The first-order chi connectivity index (χ1) is 11.8. The molecule has 0 aromatic heterocycles. The third kappa shape index (κ3) is 4.43. The lowest BCUT2D eigenvalue weighted by atomic mass is 10.1. The zero-order valence-corrected chi connectivity index (χ0v) is 14.5. The van der Waals surface area contributed by atoms with E-state index < -0.39 is 10.0 Å². The Morgan fingerprint density at radius 1 is 1.08 bits per heavy atom. The van der Waals surface area contributed by atoms with Crippen LogP contribution in [0, 0.1) is 5.82 Å². The van der Waals surface area contributed by atoms with Crippen LogP contribution in [0.5, 0.6) is 0 Å². The Balaban J connectivity index is 1.67. The van der Waals surface area contributed by atoms with E-state index in [9.17, 15) is 17.6 Å². The second-order valence-corrected chi connectivity index (χ2v) is 7.88. The Kier molecular flexibility index (Phi) is 4.87. The summed E-state index contributed by atoms with van der Waals surface area (Å²) in [5.41, 5.74) is 1.14. The molecule has 1 saturated carbocycles. The Hall–Kier alpha value is -2.25. The van der Waals surface area contributed by atoms with Gasteiger partial charge in [-0.05, 0) is 61.7 Å². The van der Waals surface area contributed by atoms with Crippen LogP contribution in [0.1, 0.15) is 41.7 Å². The number of amides is 1. The van der Waals surface area contributed by atoms with Crippen LogP contribution in [-0.2, 0) is 10.0 Å². The van der Waals surface area contributed by atoms with Crippen LogP contribution in [0.25, 0.3) is 0 Å². The maximum Gasteiger partial charge on any atom is 0.251 e. The van der Waals surface area contributed by atoms with Crippen molar-refractivity contribution < 1.29 is 17.6 Å². The van der Waals surface area contributed by atoms with E-state index >= 15 is 0 Å². The van der Waals surface area contributed by atoms with Gasteiger partial charge in [-0.15, -0.1) is 0 Å². The monoisotopic (exact) mass is 362 g/mol. The van der Waals surface area contributed by atoms with E-state index in [0.29, 0.717) is 5.56 Å². The number of benzene rings is 2. The third-order valence-electron chi connectivity index (χ3n) is 4.04. The van der Waals surface area contributed by atoms with Crippen LogP contribution >= 0.6 is 0 Å². The molecule has 1 aliphatic rings. The zero-order valence-electron chi connectivity index (χ0n) is 13.7. The standard InChI is InChI=1S/C18H19FN2O3S/c1-12(13-2-6-15(19)7-3-13)20-18(22)14-4-10-17(11-5-14)25(23,24)21-16-8-9-16/h2-7,10-12,16,21H,8-9H2,1H3,(H,20,22)/t12-/m0/s1. The smallest absolute Gasteiger partial charge is 0.251 e. The molecule has 132 valence electrons. The highest BCUT2D eigenvalue weighted by molar-refractivity contribution is 7.89. The average Bonchev–Trinajstić information content (AvgIpc) is 3.38. The van der Waals surface area contributed by atoms with Crippen molar-refractivity contribution in [2.24, 2.45) is 0 Å². The fourth-order valence-electron chi connectivity index (χ4n) is 2.39. The number of nitrogens with one attached hydrogen (secondary N) is 2. The average molecular weight is 362 g/mol. The molecule has 0 heterocycles. The highest BCUT2D eigenvalue weighted by Crippen LogP contribution is 2.22. The van der Waals surface area contributed by atoms with Crippen molar-refractivity contribution in [1.82, 2.24) is 10.0 Å². The second-order valence-electron chi connectivity index (χ2n) is 6.17. The van der Waals surface area contributed by atoms with Gasteiger partial charge in [0.05, 0.1) is 10.9 Å². The minimum Gasteiger partial charge on any atom is -0.346 e. The molecule has 0 bridgehead atoms. The van der Waals surface area contributed by atoms with Crippen molar-refractivity contribution in [3.8, 4) is 0 Å². The summed E-state index contributed by atoms with van der Waals surface area (Å²) in [6, 6.07) is 11.4. The van der Waals surface area contributed by atoms with Gasteiger partial charge in [-0.25, -0.2) is 17.5 Å². The van der Waals surface area contributed by atoms with E-state index in [2.05, 4.69) is 10.0 Å². The summed E-state index contributed by atoms with van der Waals surface area (Å²) >= 11 is 0. The molecule has 0 saturated heterocycles. The van der Waals surface area contributed by atoms with Crippen molar-refractivity contribution in [1.29, 1.82) is 0 Å². The molecule has 0 aliphatic heterocycles. The largest absolute Gasteiger partial charge is 0.346 e. The van der Waals surface area contributed by atoms with Crippen LogP contribution in [0.4, 0.5) is 4.39 Å². The zero-order chi connectivity index (χ0) is 18.0. The SMILES string of the molecule is C[C@H](NC(=O)c1ccc(S(=O)(=O)NC2CC2)cc1)c1ccc(F)cc1. The molecule has 1 atom stereocenters. The molecule has 2 N–H and O–H groups in total. The maximum absolute atomic E-state index is 13.0. The number of halogens is 1. The van der Waals surface area contributed by atoms with E-state index in [1.54, 1.807) is 19.1 Å². The second kappa shape index (κ2) is 6.93. The molecule has 1 aliphatic carbocycles. The molecule has 5 nitrogen and oxygen atoms in total. The highest BCUT2D eigenvalue weighted by atomic mass is 32.2. The number of sulfonamides is 1. The first-order valence-electron chi connectivity index (χ1n) is 8.04. The van der Waals surface area contributed by atoms with Crippen molar-refractivity contribution >= 4 is 15.9 Å². The number of hydrogen-bond acceptors (Lipinski definition) is 3. The minimum absolute atomic E-state index is 0.0320. The number of rotatable bonds is 6. The van der Waals surface area contributed by atoms with E-state index in [-0.39, 0.29) is 28.7 Å². The third-order valence-corrected chi connectivity index (χ3v) is 5.58. The summed E-state index contributed by atoms with van der Waals surface area (Å²) in [7, 11) is -3.53. The van der Waals surface area contributed by atoms with Gasteiger partial charge in [0.15, 0.2) is 0 Å². The van der Waals surface area contributed by atoms with Crippen molar-refractivity contribution in [2.75, 3.05) is 0 Å². The van der Waals surface area contributed by atoms with Crippen LogP contribution in [-0.4, -0.2) is 20.4 Å². The maximum atomic E-state index is 13.0. The summed E-state index contributed by atoms with van der Waals surface area (Å²) in [5, 5.41) is 2.81. The van der Waals surface area contributed by atoms with Gasteiger partial charge in [0, 0.05) is 11.6 Å². The van der Waals surface area contributed by atoms with E-state index in [4.69, 9.17) is 0 Å². The molecule has 0 unspecified atom stereocenters. The number of carbonyl (C=O) groups excluding carboxylic acids is 1. The summed E-state index contributed by atoms with van der Waals surface area (Å²) in [4.78, 5) is 12.4. The normalized spacial score (nSPS) is 15.6. The molecular weight excluding hydrogens is 343 g/mol. The Morgan fingerprint density at radius 2 is 1.68 bits per heavy atom. The van der Waals surface area contributed by atoms with Gasteiger partial charge in [-0.3, -0.25) is 4.79 Å². The van der Waals surface area contributed by atoms with Crippen LogP contribution in [0.15, 0.2) is 53.4 Å². The Bertz CT molecular complexity index is 860. The van der Waals surface area contributed by atoms with Gasteiger partial charge >= 0.3 is 0 Å². The molecule has 25 heavy (non-hydrogen) atoms. The molecule has 3 rings (SSSR count). The lowest BCUT2D eigenvalue weighted by Crippen LogP contribution is -2.27. The molecule has 7 heteroatoms. The molecule has 2 aromatic rings. The fraction of sp³-hybridized carbons (Fsp3) is 0.278. The predicted octanol–water partition coefficient (Wildman–Crippen LogP) is 2.76. The Labute approximate surface area is 146 Å². The molecule has 0 radical (unpaired) electrons. The summed E-state index contributed by atoms with van der Waals surface area (Å²) < 4.78 is 39.8. The first-order valence-corrected chi connectivity index (χ1v) is 9.52. The number of carbonyl (C=O) groups is 1. The minimum atomic E-state index is -3.53. The highest BCUT2D eigenvalue weighted by Gasteiger charge is 2.28. The van der Waals surface area contributed by atoms with Gasteiger partial charge in [0.2, 0.25) is 10.0 Å².